The molecule has 0 saturated carbocycles. The van der Waals surface area contributed by atoms with Gasteiger partial charge in [-0.25, -0.2) is 4.79 Å². The number of unbranched alkanes of at least 4 members (excludes halogenated alkanes) is 6. The molecular weight excluding hydrogens is 298 g/mol. The Morgan fingerprint density at radius 3 is 1.54 bits per heavy atom. The van der Waals surface area contributed by atoms with Gasteiger partial charge < -0.3 is 10.0 Å². The van der Waals surface area contributed by atoms with Gasteiger partial charge in [0.2, 0.25) is 0 Å². The molecule has 0 aromatic carbocycles. The van der Waals surface area contributed by atoms with E-state index in [2.05, 4.69) is 32.6 Å². The average Bonchev–Trinajstić information content (AvgIpc) is 2.58. The lowest BCUT2D eigenvalue weighted by Crippen LogP contribution is -2.27. The van der Waals surface area contributed by atoms with E-state index in [0.717, 1.165) is 12.8 Å². The fourth-order valence-corrected chi connectivity index (χ4v) is 2.28. The zero-order chi connectivity index (χ0) is 18.6. The first kappa shape index (κ1) is 25.4. The van der Waals surface area contributed by atoms with Gasteiger partial charge >= 0.3 is 5.97 Å². The van der Waals surface area contributed by atoms with E-state index in [1.54, 1.807) is 13.0 Å². The third-order valence-electron chi connectivity index (χ3n) is 4.08. The summed E-state index contributed by atoms with van der Waals surface area (Å²) < 4.78 is 0. The highest BCUT2D eigenvalue weighted by atomic mass is 16.4. The molecule has 0 aliphatic rings. The van der Waals surface area contributed by atoms with Crippen LogP contribution >= 0.6 is 0 Å². The molecule has 24 heavy (non-hydrogen) atoms. The largest absolute Gasteiger partial charge is 0.478 e. The van der Waals surface area contributed by atoms with E-state index < -0.39 is 5.97 Å². The summed E-state index contributed by atoms with van der Waals surface area (Å²) in [6.45, 7) is 14.5. The molecular formula is C21H43NO2. The lowest BCUT2D eigenvalue weighted by molar-refractivity contribution is -0.132. The highest BCUT2D eigenvalue weighted by molar-refractivity contribution is 5.85. The van der Waals surface area contributed by atoms with Gasteiger partial charge in [-0.2, -0.15) is 0 Å². The van der Waals surface area contributed by atoms with Gasteiger partial charge in [-0.05, 0) is 58.7 Å². The zero-order valence-corrected chi connectivity index (χ0v) is 17.1. The molecule has 0 aliphatic heterocycles. The van der Waals surface area contributed by atoms with E-state index in [9.17, 15) is 4.79 Å². The van der Waals surface area contributed by atoms with Gasteiger partial charge in [0.1, 0.15) is 0 Å². The minimum absolute atomic E-state index is 0.459. The standard InChI is InChI=1S/C12H27N.C9H16O2/c1-4-7-10-13(11-8-5-2)12-9-6-3;1-3-4-5-6-7-8(2)9(10)11/h4-12H2,1-3H3;7H,3-6H2,1-2H3,(H,10,11). The van der Waals surface area contributed by atoms with Gasteiger partial charge in [-0.3, -0.25) is 0 Å². The van der Waals surface area contributed by atoms with E-state index in [0.29, 0.717) is 5.57 Å². The predicted octanol–water partition coefficient (Wildman–Crippen LogP) is 6.29. The fourth-order valence-electron chi connectivity index (χ4n) is 2.28. The van der Waals surface area contributed by atoms with Crippen LogP contribution in [0.5, 0.6) is 0 Å². The number of nitrogens with zero attached hydrogens (tertiary/aromatic N) is 1. The number of aliphatic carboxylic acids is 1. The van der Waals surface area contributed by atoms with Crippen LogP contribution in [0.1, 0.15) is 98.8 Å². The van der Waals surface area contributed by atoms with Crippen molar-refractivity contribution in [1.82, 2.24) is 4.90 Å². The number of allylic oxidation sites excluding steroid dienone is 1. The number of carboxylic acids is 1. The summed E-state index contributed by atoms with van der Waals surface area (Å²) in [4.78, 5) is 12.9. The molecule has 0 bridgehead atoms. The van der Waals surface area contributed by atoms with Crippen molar-refractivity contribution < 1.29 is 9.90 Å². The number of rotatable bonds is 14. The van der Waals surface area contributed by atoms with Crippen LogP contribution in [0.2, 0.25) is 0 Å². The first-order chi connectivity index (χ1) is 11.5. The third-order valence-corrected chi connectivity index (χ3v) is 4.08. The number of carboxylic acid groups (broad SMARTS) is 1. The second-order valence-electron chi connectivity index (χ2n) is 6.59. The first-order valence-electron chi connectivity index (χ1n) is 10.2. The molecule has 0 amide bonds. The van der Waals surface area contributed by atoms with Crippen molar-refractivity contribution in [2.24, 2.45) is 0 Å². The van der Waals surface area contributed by atoms with Crippen LogP contribution in [0.3, 0.4) is 0 Å². The number of carbonyl (C=O) groups is 1. The second kappa shape index (κ2) is 20.2. The van der Waals surface area contributed by atoms with Crippen LogP contribution in [0.4, 0.5) is 0 Å². The molecule has 0 aliphatic carbocycles. The van der Waals surface area contributed by atoms with Crippen molar-refractivity contribution in [3.8, 4) is 0 Å². The Labute approximate surface area is 151 Å². The topological polar surface area (TPSA) is 40.5 Å². The van der Waals surface area contributed by atoms with Crippen molar-refractivity contribution in [3.63, 3.8) is 0 Å². The summed E-state index contributed by atoms with van der Waals surface area (Å²) in [6.07, 6.45) is 14.2. The van der Waals surface area contributed by atoms with Crippen molar-refractivity contribution in [3.05, 3.63) is 11.6 Å². The second-order valence-corrected chi connectivity index (χ2v) is 6.59. The number of hydrogen-bond donors (Lipinski definition) is 1. The summed E-state index contributed by atoms with van der Waals surface area (Å²) in [5.74, 6) is -0.804. The van der Waals surface area contributed by atoms with Gasteiger partial charge in [0.25, 0.3) is 0 Å². The molecule has 3 nitrogen and oxygen atoms in total. The van der Waals surface area contributed by atoms with Crippen molar-refractivity contribution in [2.75, 3.05) is 19.6 Å². The SMILES string of the molecule is CCCCCC=C(C)C(=O)O.CCCCN(CCCC)CCCC. The van der Waals surface area contributed by atoms with Crippen LogP contribution in [0, 0.1) is 0 Å². The predicted molar refractivity (Wildman–Crippen MR) is 107 cm³/mol. The molecule has 0 heterocycles. The normalized spacial score (nSPS) is 11.3. The van der Waals surface area contributed by atoms with Crippen LogP contribution in [0.15, 0.2) is 11.6 Å². The molecule has 0 fully saturated rings. The minimum Gasteiger partial charge on any atom is -0.478 e. The maximum atomic E-state index is 10.3. The van der Waals surface area contributed by atoms with Gasteiger partial charge in [0.05, 0.1) is 0 Å². The van der Waals surface area contributed by atoms with Crippen LogP contribution in [0.25, 0.3) is 0 Å². The van der Waals surface area contributed by atoms with E-state index in [1.165, 1.54) is 71.0 Å². The fraction of sp³-hybridized carbons (Fsp3) is 0.857. The van der Waals surface area contributed by atoms with Crippen molar-refractivity contribution in [2.45, 2.75) is 98.8 Å². The average molecular weight is 342 g/mol. The highest BCUT2D eigenvalue weighted by Crippen LogP contribution is 2.03. The summed E-state index contributed by atoms with van der Waals surface area (Å²) in [7, 11) is 0. The molecule has 0 rings (SSSR count). The summed E-state index contributed by atoms with van der Waals surface area (Å²) in [6, 6.07) is 0. The highest BCUT2D eigenvalue weighted by Gasteiger charge is 2.01. The molecule has 144 valence electrons. The summed E-state index contributed by atoms with van der Waals surface area (Å²) in [5, 5.41) is 8.47. The van der Waals surface area contributed by atoms with E-state index in [4.69, 9.17) is 5.11 Å². The van der Waals surface area contributed by atoms with E-state index in [1.807, 2.05) is 0 Å². The first-order valence-corrected chi connectivity index (χ1v) is 10.2. The Bertz CT molecular complexity index is 281. The van der Waals surface area contributed by atoms with Gasteiger partial charge in [0.15, 0.2) is 0 Å². The Balaban J connectivity index is 0. The zero-order valence-electron chi connectivity index (χ0n) is 17.1. The molecule has 1 N–H and O–H groups in total. The number of hydrogen-bond acceptors (Lipinski definition) is 2. The maximum absolute atomic E-state index is 10.3. The Morgan fingerprint density at radius 1 is 0.792 bits per heavy atom. The minimum atomic E-state index is -0.804. The Morgan fingerprint density at radius 2 is 1.21 bits per heavy atom. The molecule has 3 heteroatoms. The quantitative estimate of drug-likeness (QED) is 0.298. The molecule has 0 aromatic rings. The lowest BCUT2D eigenvalue weighted by Gasteiger charge is -2.21. The lowest BCUT2D eigenvalue weighted by atomic mass is 10.1. The van der Waals surface area contributed by atoms with Gasteiger partial charge in [-0.1, -0.05) is 65.9 Å². The molecule has 0 unspecified atom stereocenters. The van der Waals surface area contributed by atoms with Crippen molar-refractivity contribution >= 4 is 5.97 Å². The molecule has 0 aromatic heterocycles. The molecule has 0 atom stereocenters. The Kier molecular flexibility index (Phi) is 21.4. The Hall–Kier alpha value is -0.830. The summed E-state index contributed by atoms with van der Waals surface area (Å²) in [5.41, 5.74) is 0.459. The third kappa shape index (κ3) is 19.2. The molecule has 0 saturated heterocycles. The van der Waals surface area contributed by atoms with Crippen molar-refractivity contribution in [1.29, 1.82) is 0 Å². The van der Waals surface area contributed by atoms with E-state index in [-0.39, 0.29) is 0 Å². The van der Waals surface area contributed by atoms with Gasteiger partial charge in [0, 0.05) is 5.57 Å². The van der Waals surface area contributed by atoms with Crippen LogP contribution in [-0.2, 0) is 4.79 Å². The summed E-state index contributed by atoms with van der Waals surface area (Å²) >= 11 is 0. The molecule has 0 spiro atoms. The monoisotopic (exact) mass is 341 g/mol. The van der Waals surface area contributed by atoms with E-state index >= 15 is 0 Å². The maximum Gasteiger partial charge on any atom is 0.330 e. The van der Waals surface area contributed by atoms with Gasteiger partial charge in [-0.15, -0.1) is 0 Å². The molecule has 0 radical (unpaired) electrons. The smallest absolute Gasteiger partial charge is 0.330 e. The van der Waals surface area contributed by atoms with Crippen LogP contribution in [-0.4, -0.2) is 35.6 Å². The van der Waals surface area contributed by atoms with Crippen LogP contribution < -0.4 is 0 Å².